The molecular weight excluding hydrogens is 398 g/mol. The Morgan fingerprint density at radius 2 is 0.833 bits per heavy atom. The van der Waals surface area contributed by atoms with Gasteiger partial charge in [-0.25, -0.2) is 0 Å². The topological polar surface area (TPSA) is 103 Å². The molecule has 30 heavy (non-hydrogen) atoms. The minimum Gasteiger partial charge on any atom is -0.382 e. The minimum absolute atomic E-state index is 0.00481. The van der Waals surface area contributed by atoms with Gasteiger partial charge in [-0.05, 0) is 6.92 Å². The highest BCUT2D eigenvalue weighted by molar-refractivity contribution is 5.75. The number of amides is 1. The maximum absolute atomic E-state index is 11.2. The molecule has 0 saturated carbocycles. The summed E-state index contributed by atoms with van der Waals surface area (Å²) in [5.74, 6) is 0.00481. The van der Waals surface area contributed by atoms with E-state index in [1.807, 2.05) is 6.92 Å². The second-order valence-corrected chi connectivity index (χ2v) is 5.98. The predicted octanol–water partition coefficient (Wildman–Crippen LogP) is 0.275. The quantitative estimate of drug-likeness (QED) is 0.201. The highest BCUT2D eigenvalue weighted by atomic mass is 16.6. The summed E-state index contributed by atoms with van der Waals surface area (Å²) >= 11 is 0. The summed E-state index contributed by atoms with van der Waals surface area (Å²) in [5, 5.41) is 2.72. The minimum atomic E-state index is 0.00481. The first-order valence-corrected chi connectivity index (χ1v) is 10.6. The van der Waals surface area contributed by atoms with Gasteiger partial charge in [0.25, 0.3) is 0 Å². The van der Waals surface area contributed by atoms with Gasteiger partial charge in [-0.1, -0.05) is 0 Å². The number of hydrogen-bond donors (Lipinski definition) is 1. The van der Waals surface area contributed by atoms with E-state index in [1.165, 1.54) is 0 Å². The Kier molecular flexibility index (Phi) is 25.4. The average Bonchev–Trinajstić information content (AvgIpc) is 2.74. The molecular formula is C20H41NO9. The van der Waals surface area contributed by atoms with E-state index in [1.54, 1.807) is 7.11 Å². The Morgan fingerprint density at radius 3 is 1.13 bits per heavy atom. The zero-order valence-electron chi connectivity index (χ0n) is 18.7. The van der Waals surface area contributed by atoms with Gasteiger partial charge in [0, 0.05) is 20.1 Å². The number of carbonyl (C=O) groups excluding carboxylic acids is 1. The van der Waals surface area contributed by atoms with Gasteiger partial charge in [-0.15, -0.1) is 0 Å². The van der Waals surface area contributed by atoms with Gasteiger partial charge in [0.05, 0.1) is 99.1 Å². The van der Waals surface area contributed by atoms with Crippen molar-refractivity contribution in [2.45, 2.75) is 13.3 Å². The molecule has 10 nitrogen and oxygen atoms in total. The fourth-order valence-corrected chi connectivity index (χ4v) is 2.01. The fraction of sp³-hybridized carbons (Fsp3) is 0.950. The monoisotopic (exact) mass is 439 g/mol. The molecule has 0 aliphatic rings. The summed E-state index contributed by atoms with van der Waals surface area (Å²) in [6.45, 7) is 10.3. The molecule has 0 atom stereocenters. The summed E-state index contributed by atoms with van der Waals surface area (Å²) in [6, 6.07) is 0. The van der Waals surface area contributed by atoms with Gasteiger partial charge in [0.2, 0.25) is 5.91 Å². The van der Waals surface area contributed by atoms with Crippen LogP contribution in [0, 0.1) is 0 Å². The molecule has 0 aliphatic carbocycles. The van der Waals surface area contributed by atoms with Gasteiger partial charge >= 0.3 is 0 Å². The highest BCUT2D eigenvalue weighted by Gasteiger charge is 1.98. The lowest BCUT2D eigenvalue weighted by Gasteiger charge is -2.08. The van der Waals surface area contributed by atoms with Crippen molar-refractivity contribution in [1.82, 2.24) is 5.32 Å². The number of carbonyl (C=O) groups is 1. The molecule has 0 aromatic heterocycles. The van der Waals surface area contributed by atoms with Crippen LogP contribution in [0.15, 0.2) is 0 Å². The normalized spacial score (nSPS) is 11.1. The van der Waals surface area contributed by atoms with E-state index in [4.69, 9.17) is 37.9 Å². The largest absolute Gasteiger partial charge is 0.382 e. The Morgan fingerprint density at radius 1 is 0.533 bits per heavy atom. The van der Waals surface area contributed by atoms with E-state index in [2.05, 4.69) is 5.32 Å². The maximum atomic E-state index is 11.2. The molecule has 10 heteroatoms. The number of hydrogen-bond acceptors (Lipinski definition) is 9. The zero-order chi connectivity index (χ0) is 22.0. The standard InChI is InChI=1S/C20H41NO9/c1-3-21-20(22)4-5-24-8-9-26-12-13-28-16-17-30-19-18-29-15-14-27-11-10-25-7-6-23-2/h3-19H2,1-2H3,(H,21,22). The Bertz CT molecular complexity index is 348. The van der Waals surface area contributed by atoms with Gasteiger partial charge in [0.15, 0.2) is 0 Å². The number of rotatable bonds is 25. The summed E-state index contributed by atoms with van der Waals surface area (Å²) in [6.07, 6.45) is 0.376. The van der Waals surface area contributed by atoms with Crippen molar-refractivity contribution in [3.63, 3.8) is 0 Å². The van der Waals surface area contributed by atoms with Crippen molar-refractivity contribution in [2.24, 2.45) is 0 Å². The van der Waals surface area contributed by atoms with Crippen LogP contribution in [0.25, 0.3) is 0 Å². The molecule has 0 aromatic carbocycles. The molecule has 0 unspecified atom stereocenters. The van der Waals surface area contributed by atoms with Crippen LogP contribution in [0.5, 0.6) is 0 Å². The molecule has 0 fully saturated rings. The summed E-state index contributed by atoms with van der Waals surface area (Å²) in [5.41, 5.74) is 0. The molecule has 0 spiro atoms. The van der Waals surface area contributed by atoms with E-state index >= 15 is 0 Å². The van der Waals surface area contributed by atoms with E-state index in [-0.39, 0.29) is 5.91 Å². The zero-order valence-corrected chi connectivity index (χ0v) is 18.7. The van der Waals surface area contributed by atoms with Crippen LogP contribution >= 0.6 is 0 Å². The van der Waals surface area contributed by atoms with Gasteiger partial charge in [0.1, 0.15) is 0 Å². The average molecular weight is 440 g/mol. The lowest BCUT2D eigenvalue weighted by Crippen LogP contribution is -2.24. The van der Waals surface area contributed by atoms with Crippen LogP contribution in [-0.2, 0) is 42.7 Å². The van der Waals surface area contributed by atoms with Crippen LogP contribution in [0.2, 0.25) is 0 Å². The van der Waals surface area contributed by atoms with E-state index < -0.39 is 0 Å². The van der Waals surface area contributed by atoms with Gasteiger partial charge in [-0.3, -0.25) is 4.79 Å². The molecule has 0 aromatic rings. The van der Waals surface area contributed by atoms with Crippen molar-refractivity contribution < 1.29 is 42.7 Å². The fourth-order valence-electron chi connectivity index (χ4n) is 2.01. The van der Waals surface area contributed by atoms with Crippen molar-refractivity contribution in [3.05, 3.63) is 0 Å². The third kappa shape index (κ3) is 25.2. The van der Waals surface area contributed by atoms with Crippen molar-refractivity contribution in [3.8, 4) is 0 Å². The van der Waals surface area contributed by atoms with Gasteiger partial charge < -0.3 is 43.2 Å². The van der Waals surface area contributed by atoms with Crippen LogP contribution in [0.4, 0.5) is 0 Å². The van der Waals surface area contributed by atoms with Crippen molar-refractivity contribution in [2.75, 3.05) is 113 Å². The molecule has 180 valence electrons. The molecule has 0 bridgehead atoms. The van der Waals surface area contributed by atoms with Crippen molar-refractivity contribution in [1.29, 1.82) is 0 Å². The third-order valence-electron chi connectivity index (χ3n) is 3.51. The number of nitrogens with one attached hydrogen (secondary N) is 1. The van der Waals surface area contributed by atoms with E-state index in [9.17, 15) is 4.79 Å². The summed E-state index contributed by atoms with van der Waals surface area (Å²) in [4.78, 5) is 11.2. The second-order valence-electron chi connectivity index (χ2n) is 5.98. The Balaban J connectivity index is 3.03. The van der Waals surface area contributed by atoms with Crippen LogP contribution in [0.3, 0.4) is 0 Å². The van der Waals surface area contributed by atoms with Gasteiger partial charge in [-0.2, -0.15) is 0 Å². The first-order valence-electron chi connectivity index (χ1n) is 10.6. The third-order valence-corrected chi connectivity index (χ3v) is 3.51. The maximum Gasteiger partial charge on any atom is 0.222 e. The SMILES string of the molecule is CCNC(=O)CCOCCOCCOCCOCCOCCOCCOCCOC. The second kappa shape index (κ2) is 26.2. The molecule has 0 aliphatic heterocycles. The molecule has 0 radical (unpaired) electrons. The first kappa shape index (κ1) is 29.1. The van der Waals surface area contributed by atoms with Crippen LogP contribution in [-0.4, -0.2) is 119 Å². The predicted molar refractivity (Wildman–Crippen MR) is 111 cm³/mol. The first-order chi connectivity index (χ1) is 14.8. The molecule has 1 N–H and O–H groups in total. The molecule has 0 heterocycles. The number of methoxy groups -OCH3 is 1. The summed E-state index contributed by atoms with van der Waals surface area (Å²) in [7, 11) is 1.64. The summed E-state index contributed by atoms with van der Waals surface area (Å²) < 4.78 is 42.4. The molecule has 1 amide bonds. The lowest BCUT2D eigenvalue weighted by atomic mass is 10.4. The van der Waals surface area contributed by atoms with Crippen molar-refractivity contribution >= 4 is 5.91 Å². The van der Waals surface area contributed by atoms with E-state index in [0.29, 0.717) is 112 Å². The van der Waals surface area contributed by atoms with Crippen LogP contribution in [0.1, 0.15) is 13.3 Å². The highest BCUT2D eigenvalue weighted by Crippen LogP contribution is 1.87. The Hall–Kier alpha value is -0.850. The molecule has 0 rings (SSSR count). The lowest BCUT2D eigenvalue weighted by molar-refractivity contribution is -0.122. The number of ether oxygens (including phenoxy) is 8. The Labute approximate surface area is 180 Å². The van der Waals surface area contributed by atoms with E-state index in [0.717, 1.165) is 0 Å². The molecule has 0 saturated heterocycles. The smallest absolute Gasteiger partial charge is 0.222 e. The van der Waals surface area contributed by atoms with Crippen LogP contribution < -0.4 is 5.32 Å².